The fourth-order valence-corrected chi connectivity index (χ4v) is 3.54. The summed E-state index contributed by atoms with van der Waals surface area (Å²) in [5.74, 6) is -0.975. The Kier molecular flexibility index (Phi) is 5.11. The first-order valence-corrected chi connectivity index (χ1v) is 7.92. The number of hydrogen-bond donors (Lipinski definition) is 1. The highest BCUT2D eigenvalue weighted by atomic mass is 32.2. The highest BCUT2D eigenvalue weighted by molar-refractivity contribution is 7.92. The van der Waals surface area contributed by atoms with Crippen molar-refractivity contribution >= 4 is 15.8 Å². The van der Waals surface area contributed by atoms with Crippen molar-refractivity contribution in [3.05, 3.63) is 29.8 Å². The van der Waals surface area contributed by atoms with E-state index < -0.39 is 21.1 Å². The van der Waals surface area contributed by atoms with Crippen molar-refractivity contribution in [3.63, 3.8) is 0 Å². The SMILES string of the molecule is CCCC(C(=O)O)S(=O)(=O)c1ccc(C(C)C)cc1. The van der Waals surface area contributed by atoms with Gasteiger partial charge in [-0.25, -0.2) is 8.42 Å². The number of sulfone groups is 1. The minimum absolute atomic E-state index is 0.0813. The van der Waals surface area contributed by atoms with Gasteiger partial charge in [0.1, 0.15) is 0 Å². The Hall–Kier alpha value is -1.36. The van der Waals surface area contributed by atoms with Gasteiger partial charge < -0.3 is 5.11 Å². The molecule has 0 spiro atoms. The third-order valence-corrected chi connectivity index (χ3v) is 5.19. The second-order valence-corrected chi connectivity index (χ2v) is 7.01. The first kappa shape index (κ1) is 15.7. The molecule has 0 aliphatic heterocycles. The minimum Gasteiger partial charge on any atom is -0.480 e. The van der Waals surface area contributed by atoms with Crippen molar-refractivity contribution < 1.29 is 18.3 Å². The molecule has 0 saturated heterocycles. The molecule has 0 heterocycles. The maximum atomic E-state index is 12.3. The number of hydrogen-bond acceptors (Lipinski definition) is 3. The van der Waals surface area contributed by atoms with E-state index >= 15 is 0 Å². The molecular weight excluding hydrogens is 264 g/mol. The smallest absolute Gasteiger partial charge is 0.322 e. The lowest BCUT2D eigenvalue weighted by Gasteiger charge is -2.13. The van der Waals surface area contributed by atoms with Crippen molar-refractivity contribution in [2.45, 2.75) is 49.7 Å². The number of aliphatic carboxylic acids is 1. The van der Waals surface area contributed by atoms with E-state index in [9.17, 15) is 13.2 Å². The molecule has 0 amide bonds. The molecule has 0 aliphatic rings. The van der Waals surface area contributed by atoms with Crippen LogP contribution in [0.25, 0.3) is 0 Å². The Morgan fingerprint density at radius 1 is 1.21 bits per heavy atom. The molecule has 1 atom stereocenters. The molecule has 106 valence electrons. The zero-order valence-electron chi connectivity index (χ0n) is 11.5. The van der Waals surface area contributed by atoms with Gasteiger partial charge in [0.2, 0.25) is 0 Å². The molecule has 0 fully saturated rings. The fraction of sp³-hybridized carbons (Fsp3) is 0.500. The fourth-order valence-electron chi connectivity index (χ4n) is 1.88. The zero-order chi connectivity index (χ0) is 14.6. The van der Waals surface area contributed by atoms with E-state index in [0.29, 0.717) is 12.3 Å². The summed E-state index contributed by atoms with van der Waals surface area (Å²) in [6.45, 7) is 5.80. The standard InChI is InChI=1S/C14H20O4S/c1-4-5-13(14(15)16)19(17,18)12-8-6-11(7-9-12)10(2)3/h6-10,13H,4-5H2,1-3H3,(H,15,16). The summed E-state index contributed by atoms with van der Waals surface area (Å²) >= 11 is 0. The average Bonchev–Trinajstić information content (AvgIpc) is 2.35. The lowest BCUT2D eigenvalue weighted by Crippen LogP contribution is -2.30. The number of carboxylic acids is 1. The van der Waals surface area contributed by atoms with Gasteiger partial charge >= 0.3 is 5.97 Å². The number of rotatable bonds is 6. The maximum Gasteiger partial charge on any atom is 0.322 e. The summed E-state index contributed by atoms with van der Waals surface area (Å²) in [5, 5.41) is 7.71. The van der Waals surface area contributed by atoms with Gasteiger partial charge in [-0.3, -0.25) is 4.79 Å². The Labute approximate surface area is 114 Å². The second-order valence-electron chi connectivity index (χ2n) is 4.88. The molecule has 1 unspecified atom stereocenters. The van der Waals surface area contributed by atoms with Crippen molar-refractivity contribution in [2.75, 3.05) is 0 Å². The molecule has 0 saturated carbocycles. The van der Waals surface area contributed by atoms with Gasteiger partial charge in [-0.05, 0) is 30.0 Å². The number of carbonyl (C=O) groups is 1. The highest BCUT2D eigenvalue weighted by Crippen LogP contribution is 2.22. The molecule has 1 aromatic carbocycles. The van der Waals surface area contributed by atoms with Gasteiger partial charge in [0.05, 0.1) is 4.90 Å². The Balaban J connectivity index is 3.14. The van der Waals surface area contributed by atoms with Crippen LogP contribution in [0.5, 0.6) is 0 Å². The molecule has 19 heavy (non-hydrogen) atoms. The van der Waals surface area contributed by atoms with Crippen LogP contribution in [0, 0.1) is 0 Å². The molecule has 0 radical (unpaired) electrons. The van der Waals surface area contributed by atoms with E-state index in [1.807, 2.05) is 13.8 Å². The van der Waals surface area contributed by atoms with Gasteiger partial charge in [-0.2, -0.15) is 0 Å². The molecule has 0 aliphatic carbocycles. The van der Waals surface area contributed by atoms with Crippen LogP contribution in [0.15, 0.2) is 29.2 Å². The molecule has 1 N–H and O–H groups in total. The van der Waals surface area contributed by atoms with Crippen molar-refractivity contribution in [2.24, 2.45) is 0 Å². The maximum absolute atomic E-state index is 12.3. The van der Waals surface area contributed by atoms with Crippen molar-refractivity contribution in [1.82, 2.24) is 0 Å². The summed E-state index contributed by atoms with van der Waals surface area (Å²) in [7, 11) is -3.80. The van der Waals surface area contributed by atoms with Crippen LogP contribution in [0.2, 0.25) is 0 Å². The first-order valence-electron chi connectivity index (χ1n) is 6.37. The zero-order valence-corrected chi connectivity index (χ0v) is 12.3. The van der Waals surface area contributed by atoms with E-state index in [1.54, 1.807) is 19.1 Å². The van der Waals surface area contributed by atoms with Crippen LogP contribution < -0.4 is 0 Å². The minimum atomic E-state index is -3.80. The normalized spacial score (nSPS) is 13.5. The van der Waals surface area contributed by atoms with Crippen LogP contribution in [0.1, 0.15) is 45.1 Å². The summed E-state index contributed by atoms with van der Waals surface area (Å²) in [4.78, 5) is 11.2. The van der Waals surface area contributed by atoms with E-state index in [2.05, 4.69) is 0 Å². The van der Waals surface area contributed by atoms with E-state index in [0.717, 1.165) is 5.56 Å². The molecule has 0 bridgehead atoms. The van der Waals surface area contributed by atoms with Crippen LogP contribution in [-0.4, -0.2) is 24.7 Å². The monoisotopic (exact) mass is 284 g/mol. The molecule has 0 aromatic heterocycles. The van der Waals surface area contributed by atoms with Gasteiger partial charge in [-0.15, -0.1) is 0 Å². The first-order chi connectivity index (χ1) is 8.80. The third kappa shape index (κ3) is 3.56. The van der Waals surface area contributed by atoms with Crippen LogP contribution in [0.4, 0.5) is 0 Å². The highest BCUT2D eigenvalue weighted by Gasteiger charge is 2.32. The quantitative estimate of drug-likeness (QED) is 0.872. The Morgan fingerprint density at radius 3 is 2.11 bits per heavy atom. The van der Waals surface area contributed by atoms with E-state index in [-0.39, 0.29) is 11.3 Å². The van der Waals surface area contributed by atoms with Gasteiger partial charge in [0.25, 0.3) is 0 Å². The third-order valence-electron chi connectivity index (χ3n) is 3.08. The Bertz CT molecular complexity index is 529. The summed E-state index contributed by atoms with van der Waals surface area (Å²) in [6, 6.07) is 6.47. The summed E-state index contributed by atoms with van der Waals surface area (Å²) in [6.07, 6.45) is 0.643. The molecule has 4 nitrogen and oxygen atoms in total. The average molecular weight is 284 g/mol. The molecule has 1 rings (SSSR count). The van der Waals surface area contributed by atoms with E-state index in [1.165, 1.54) is 12.1 Å². The van der Waals surface area contributed by atoms with E-state index in [4.69, 9.17) is 5.11 Å². The van der Waals surface area contributed by atoms with Crippen LogP contribution in [0.3, 0.4) is 0 Å². The predicted octanol–water partition coefficient (Wildman–Crippen LogP) is 2.84. The largest absolute Gasteiger partial charge is 0.480 e. The van der Waals surface area contributed by atoms with Gasteiger partial charge in [-0.1, -0.05) is 39.3 Å². The number of benzene rings is 1. The molecule has 5 heteroatoms. The second kappa shape index (κ2) is 6.19. The van der Waals surface area contributed by atoms with Crippen molar-refractivity contribution in [3.8, 4) is 0 Å². The summed E-state index contributed by atoms with van der Waals surface area (Å²) < 4.78 is 24.5. The van der Waals surface area contributed by atoms with Gasteiger partial charge in [0, 0.05) is 0 Å². The molecule has 1 aromatic rings. The number of carboxylic acid groups (broad SMARTS) is 1. The lowest BCUT2D eigenvalue weighted by atomic mass is 10.0. The Morgan fingerprint density at radius 2 is 1.74 bits per heavy atom. The van der Waals surface area contributed by atoms with Gasteiger partial charge in [0.15, 0.2) is 15.1 Å². The molecular formula is C14H20O4S. The van der Waals surface area contributed by atoms with Crippen LogP contribution in [-0.2, 0) is 14.6 Å². The summed E-state index contributed by atoms with van der Waals surface area (Å²) in [5.41, 5.74) is 1.03. The van der Waals surface area contributed by atoms with Crippen LogP contribution >= 0.6 is 0 Å². The van der Waals surface area contributed by atoms with Crippen molar-refractivity contribution in [1.29, 1.82) is 0 Å². The lowest BCUT2D eigenvalue weighted by molar-refractivity contribution is -0.136. The topological polar surface area (TPSA) is 71.4 Å². The predicted molar refractivity (Wildman–Crippen MR) is 74.0 cm³/mol.